The zero-order chi connectivity index (χ0) is 16.7. The van der Waals surface area contributed by atoms with Gasteiger partial charge in [0.25, 0.3) is 0 Å². The van der Waals surface area contributed by atoms with Gasteiger partial charge in [0.2, 0.25) is 5.89 Å². The number of rotatable bonds is 2. The lowest BCUT2D eigenvalue weighted by Crippen LogP contribution is -2.37. The Labute approximate surface area is 156 Å². The highest BCUT2D eigenvalue weighted by Crippen LogP contribution is 2.32. The fourth-order valence-electron chi connectivity index (χ4n) is 2.90. The van der Waals surface area contributed by atoms with Gasteiger partial charge >= 0.3 is 0 Å². The van der Waals surface area contributed by atoms with Crippen molar-refractivity contribution in [3.05, 3.63) is 53.1 Å². The molecule has 7 heteroatoms. The highest BCUT2D eigenvalue weighted by atomic mass is 35.5. The minimum atomic E-state index is -0.506. The van der Waals surface area contributed by atoms with Crippen molar-refractivity contribution in [2.45, 2.75) is 12.5 Å². The third-order valence-electron chi connectivity index (χ3n) is 4.10. The standard InChI is InChI=1S/C18H16ClN3O2.ClH/c1-18(10-23-9-16(20)22-18)12-4-2-3-11(7-12)17-21-14-8-13(19)5-6-15(14)24-17;/h2-8H,9-10H2,1H3,(H2,20,22);1H/t18-;/m1./s1. The van der Waals surface area contributed by atoms with E-state index < -0.39 is 5.54 Å². The summed E-state index contributed by atoms with van der Waals surface area (Å²) in [5.41, 5.74) is 8.65. The topological polar surface area (TPSA) is 73.6 Å². The van der Waals surface area contributed by atoms with Gasteiger partial charge in [-0.2, -0.15) is 0 Å². The minimum Gasteiger partial charge on any atom is -0.436 e. The molecule has 0 spiro atoms. The lowest BCUT2D eigenvalue weighted by molar-refractivity contribution is 0.106. The van der Waals surface area contributed by atoms with E-state index in [0.29, 0.717) is 35.5 Å². The molecule has 2 aromatic carbocycles. The second-order valence-electron chi connectivity index (χ2n) is 6.08. The number of nitrogens with two attached hydrogens (primary N) is 1. The van der Waals surface area contributed by atoms with Crippen LogP contribution in [0.15, 0.2) is 51.9 Å². The van der Waals surface area contributed by atoms with Crippen LogP contribution in [0.25, 0.3) is 22.6 Å². The summed E-state index contributed by atoms with van der Waals surface area (Å²) >= 11 is 6.01. The van der Waals surface area contributed by atoms with Gasteiger partial charge in [0.1, 0.15) is 23.5 Å². The van der Waals surface area contributed by atoms with E-state index in [2.05, 4.69) is 9.98 Å². The Kier molecular flexibility index (Phi) is 4.73. The number of hydrogen-bond acceptors (Lipinski definition) is 5. The highest BCUT2D eigenvalue weighted by molar-refractivity contribution is 6.31. The maximum absolute atomic E-state index is 6.01. The van der Waals surface area contributed by atoms with Gasteiger partial charge in [0.15, 0.2) is 5.58 Å². The molecule has 1 aliphatic heterocycles. The molecule has 0 aliphatic carbocycles. The molecule has 0 amide bonds. The van der Waals surface area contributed by atoms with Crippen LogP contribution in [0.3, 0.4) is 0 Å². The number of amidine groups is 1. The smallest absolute Gasteiger partial charge is 0.227 e. The maximum atomic E-state index is 6.01. The first-order valence-corrected chi connectivity index (χ1v) is 8.00. The molecule has 2 heterocycles. The number of hydrogen-bond donors (Lipinski definition) is 1. The summed E-state index contributed by atoms with van der Waals surface area (Å²) in [5.74, 6) is 1.05. The Hall–Kier alpha value is -2.08. The molecule has 4 rings (SSSR count). The zero-order valence-electron chi connectivity index (χ0n) is 13.5. The second kappa shape index (κ2) is 6.67. The van der Waals surface area contributed by atoms with Gasteiger partial charge in [0.05, 0.1) is 6.61 Å². The molecule has 1 aromatic heterocycles. The van der Waals surface area contributed by atoms with E-state index in [4.69, 9.17) is 26.5 Å². The largest absolute Gasteiger partial charge is 0.436 e. The molecule has 3 aromatic rings. The van der Waals surface area contributed by atoms with Gasteiger partial charge < -0.3 is 14.9 Å². The van der Waals surface area contributed by atoms with Crippen molar-refractivity contribution >= 4 is 40.9 Å². The van der Waals surface area contributed by atoms with Gasteiger partial charge in [-0.25, -0.2) is 4.98 Å². The van der Waals surface area contributed by atoms with E-state index in [-0.39, 0.29) is 12.4 Å². The van der Waals surface area contributed by atoms with Gasteiger partial charge in [-0.3, -0.25) is 4.99 Å². The third kappa shape index (κ3) is 3.35. The summed E-state index contributed by atoms with van der Waals surface area (Å²) in [6.07, 6.45) is 0. The lowest BCUT2D eigenvalue weighted by atomic mass is 9.91. The average Bonchev–Trinajstić information content (AvgIpc) is 2.98. The summed E-state index contributed by atoms with van der Waals surface area (Å²) < 4.78 is 11.4. The SMILES string of the molecule is C[C@]1(c2cccc(-c3nc4cc(Cl)ccc4o3)c2)COCC(N)=N1.Cl. The van der Waals surface area contributed by atoms with Gasteiger partial charge in [-0.15, -0.1) is 12.4 Å². The molecule has 0 saturated heterocycles. The predicted octanol–water partition coefficient (Wildman–Crippen LogP) is 4.17. The van der Waals surface area contributed by atoms with Gasteiger partial charge in [-0.1, -0.05) is 23.7 Å². The van der Waals surface area contributed by atoms with E-state index in [9.17, 15) is 0 Å². The van der Waals surface area contributed by atoms with Gasteiger partial charge in [-0.05, 0) is 42.8 Å². The fourth-order valence-corrected chi connectivity index (χ4v) is 3.06. The molecule has 25 heavy (non-hydrogen) atoms. The summed E-state index contributed by atoms with van der Waals surface area (Å²) in [6, 6.07) is 13.3. The number of aliphatic imine (C=N–C) groups is 1. The molecular formula is C18H17Cl2N3O2. The predicted molar refractivity (Wildman–Crippen MR) is 101 cm³/mol. The van der Waals surface area contributed by atoms with Crippen LogP contribution >= 0.6 is 24.0 Å². The summed E-state index contributed by atoms with van der Waals surface area (Å²) in [7, 11) is 0. The van der Waals surface area contributed by atoms with Crippen LogP contribution in [-0.2, 0) is 10.3 Å². The number of halogens is 2. The normalized spacial score (nSPS) is 20.2. The molecular weight excluding hydrogens is 361 g/mol. The summed E-state index contributed by atoms with van der Waals surface area (Å²) in [6.45, 7) is 2.87. The molecule has 1 atom stereocenters. The summed E-state index contributed by atoms with van der Waals surface area (Å²) in [4.78, 5) is 9.10. The second-order valence-corrected chi connectivity index (χ2v) is 6.52. The number of aromatic nitrogens is 1. The van der Waals surface area contributed by atoms with Crippen molar-refractivity contribution in [3.8, 4) is 11.5 Å². The fraction of sp³-hybridized carbons (Fsp3) is 0.222. The lowest BCUT2D eigenvalue weighted by Gasteiger charge is -2.30. The number of oxazole rings is 1. The zero-order valence-corrected chi connectivity index (χ0v) is 15.1. The van der Waals surface area contributed by atoms with E-state index in [0.717, 1.165) is 16.6 Å². The highest BCUT2D eigenvalue weighted by Gasteiger charge is 2.30. The number of fused-ring (bicyclic) bond motifs is 1. The van der Waals surface area contributed by atoms with E-state index in [1.165, 1.54) is 0 Å². The van der Waals surface area contributed by atoms with Crippen molar-refractivity contribution < 1.29 is 9.15 Å². The Morgan fingerprint density at radius 3 is 2.84 bits per heavy atom. The number of ether oxygens (including phenoxy) is 1. The molecule has 5 nitrogen and oxygen atoms in total. The first-order valence-electron chi connectivity index (χ1n) is 7.62. The van der Waals surface area contributed by atoms with Crippen LogP contribution in [0.5, 0.6) is 0 Å². The molecule has 0 unspecified atom stereocenters. The van der Waals surface area contributed by atoms with E-state index >= 15 is 0 Å². The average molecular weight is 378 g/mol. The molecule has 130 valence electrons. The van der Waals surface area contributed by atoms with E-state index in [1.807, 2.05) is 37.3 Å². The minimum absolute atomic E-state index is 0. The van der Waals surface area contributed by atoms with Crippen molar-refractivity contribution in [1.29, 1.82) is 0 Å². The van der Waals surface area contributed by atoms with Crippen molar-refractivity contribution in [3.63, 3.8) is 0 Å². The van der Waals surface area contributed by atoms with Crippen LogP contribution in [-0.4, -0.2) is 24.0 Å². The van der Waals surface area contributed by atoms with Crippen LogP contribution < -0.4 is 5.73 Å². The Morgan fingerprint density at radius 2 is 2.04 bits per heavy atom. The number of nitrogens with zero attached hydrogens (tertiary/aromatic N) is 2. The van der Waals surface area contributed by atoms with Crippen LogP contribution in [0.4, 0.5) is 0 Å². The molecule has 1 aliphatic rings. The Morgan fingerprint density at radius 1 is 1.20 bits per heavy atom. The quantitative estimate of drug-likeness (QED) is 0.726. The molecule has 0 radical (unpaired) electrons. The van der Waals surface area contributed by atoms with Crippen molar-refractivity contribution in [2.75, 3.05) is 13.2 Å². The number of benzene rings is 2. The first-order chi connectivity index (χ1) is 11.5. The molecule has 2 N–H and O–H groups in total. The molecule has 0 bridgehead atoms. The van der Waals surface area contributed by atoms with Crippen molar-refractivity contribution in [1.82, 2.24) is 4.98 Å². The monoisotopic (exact) mass is 377 g/mol. The van der Waals surface area contributed by atoms with Crippen LogP contribution in [0, 0.1) is 0 Å². The Bertz CT molecular complexity index is 954. The van der Waals surface area contributed by atoms with E-state index in [1.54, 1.807) is 12.1 Å². The van der Waals surface area contributed by atoms with Gasteiger partial charge in [0, 0.05) is 10.6 Å². The third-order valence-corrected chi connectivity index (χ3v) is 4.34. The molecule has 0 fully saturated rings. The van der Waals surface area contributed by atoms with Crippen LogP contribution in [0.2, 0.25) is 5.02 Å². The maximum Gasteiger partial charge on any atom is 0.227 e. The molecule has 0 saturated carbocycles. The van der Waals surface area contributed by atoms with Crippen molar-refractivity contribution in [2.24, 2.45) is 10.7 Å². The first kappa shape index (κ1) is 17.7. The Balaban J connectivity index is 0.00000182. The van der Waals surface area contributed by atoms with Crippen LogP contribution in [0.1, 0.15) is 12.5 Å². The summed E-state index contributed by atoms with van der Waals surface area (Å²) in [5, 5.41) is 0.632.